The highest BCUT2D eigenvalue weighted by atomic mass is 19.2. The lowest BCUT2D eigenvalue weighted by Crippen LogP contribution is -2.37. The van der Waals surface area contributed by atoms with Crippen molar-refractivity contribution in [3.05, 3.63) is 59.2 Å². The van der Waals surface area contributed by atoms with Gasteiger partial charge in [0.1, 0.15) is 11.4 Å². The molecule has 0 unspecified atom stereocenters. The van der Waals surface area contributed by atoms with E-state index in [0.29, 0.717) is 5.69 Å². The molecule has 0 aliphatic carbocycles. The SMILES string of the molecule is N#CCc1ccc(NC(=O)C2=NN(c3c(F)c(F)cc(F)c3F)C(=O)CC2)cc1. The smallest absolute Gasteiger partial charge is 0.271 e. The van der Waals surface area contributed by atoms with Gasteiger partial charge in [0.15, 0.2) is 23.3 Å². The summed E-state index contributed by atoms with van der Waals surface area (Å²) in [6.45, 7) is 0. The second-order valence-electron chi connectivity index (χ2n) is 6.05. The van der Waals surface area contributed by atoms with E-state index in [1.165, 1.54) is 12.1 Å². The van der Waals surface area contributed by atoms with Gasteiger partial charge >= 0.3 is 0 Å². The Hall–Kier alpha value is -3.74. The Morgan fingerprint density at radius 3 is 2.31 bits per heavy atom. The highest BCUT2D eigenvalue weighted by Crippen LogP contribution is 2.30. The van der Waals surface area contributed by atoms with Crippen LogP contribution in [-0.2, 0) is 16.0 Å². The van der Waals surface area contributed by atoms with Gasteiger partial charge in [-0.05, 0) is 17.7 Å². The van der Waals surface area contributed by atoms with E-state index in [-0.39, 0.29) is 36.0 Å². The van der Waals surface area contributed by atoms with E-state index < -0.39 is 40.8 Å². The van der Waals surface area contributed by atoms with E-state index in [1.54, 1.807) is 12.1 Å². The van der Waals surface area contributed by atoms with Gasteiger partial charge in [0, 0.05) is 24.6 Å². The van der Waals surface area contributed by atoms with E-state index in [0.717, 1.165) is 5.56 Å². The first-order chi connectivity index (χ1) is 13.8. The number of halogens is 4. The Morgan fingerprint density at radius 2 is 1.72 bits per heavy atom. The molecule has 2 aromatic rings. The Kier molecular flexibility index (Phi) is 5.59. The van der Waals surface area contributed by atoms with Crippen LogP contribution in [-0.4, -0.2) is 17.5 Å². The molecule has 0 radical (unpaired) electrons. The molecule has 0 fully saturated rings. The monoisotopic (exact) mass is 404 g/mol. The fraction of sp³-hybridized carbons (Fsp3) is 0.158. The van der Waals surface area contributed by atoms with Crippen LogP contribution in [0.5, 0.6) is 0 Å². The number of nitriles is 1. The maximum absolute atomic E-state index is 14.0. The zero-order valence-corrected chi connectivity index (χ0v) is 14.7. The number of rotatable bonds is 4. The number of nitrogens with zero attached hydrogens (tertiary/aromatic N) is 3. The normalized spacial score (nSPS) is 13.7. The predicted octanol–water partition coefficient (Wildman–Crippen LogP) is 3.43. The summed E-state index contributed by atoms with van der Waals surface area (Å²) in [5.41, 5.74) is -0.485. The summed E-state index contributed by atoms with van der Waals surface area (Å²) in [4.78, 5) is 24.4. The van der Waals surface area contributed by atoms with Crippen LogP contribution >= 0.6 is 0 Å². The largest absolute Gasteiger partial charge is 0.321 e. The Balaban J connectivity index is 1.88. The van der Waals surface area contributed by atoms with E-state index in [9.17, 15) is 27.2 Å². The summed E-state index contributed by atoms with van der Waals surface area (Å²) in [5.74, 6) is -8.67. The number of nitrogens with one attached hydrogen (secondary N) is 1. The number of benzene rings is 2. The van der Waals surface area contributed by atoms with Gasteiger partial charge in [0.25, 0.3) is 5.91 Å². The summed E-state index contributed by atoms with van der Waals surface area (Å²) in [7, 11) is 0. The fourth-order valence-electron chi connectivity index (χ4n) is 2.64. The number of amides is 2. The van der Waals surface area contributed by atoms with Gasteiger partial charge in [0.2, 0.25) is 5.91 Å². The molecular weight excluding hydrogens is 392 g/mol. The van der Waals surface area contributed by atoms with Crippen molar-refractivity contribution >= 4 is 28.9 Å². The summed E-state index contributed by atoms with van der Waals surface area (Å²) in [5, 5.41) is 14.9. The van der Waals surface area contributed by atoms with Crippen molar-refractivity contribution in [1.29, 1.82) is 5.26 Å². The third-order valence-electron chi connectivity index (χ3n) is 4.09. The van der Waals surface area contributed by atoms with E-state index in [4.69, 9.17) is 5.26 Å². The van der Waals surface area contributed by atoms with Gasteiger partial charge < -0.3 is 5.32 Å². The average Bonchev–Trinajstić information content (AvgIpc) is 2.69. The minimum absolute atomic E-state index is 0.00982. The molecule has 1 aliphatic rings. The highest BCUT2D eigenvalue weighted by Gasteiger charge is 2.32. The number of hydrazone groups is 1. The number of carbonyl (C=O) groups is 2. The first kappa shape index (κ1) is 20.0. The average molecular weight is 404 g/mol. The first-order valence-electron chi connectivity index (χ1n) is 8.32. The molecule has 0 atom stereocenters. The highest BCUT2D eigenvalue weighted by molar-refractivity contribution is 6.44. The maximum atomic E-state index is 14.0. The maximum Gasteiger partial charge on any atom is 0.271 e. The van der Waals surface area contributed by atoms with Crippen LogP contribution in [0, 0.1) is 34.6 Å². The van der Waals surface area contributed by atoms with Crippen LogP contribution < -0.4 is 10.3 Å². The second kappa shape index (κ2) is 8.10. The van der Waals surface area contributed by atoms with E-state index in [2.05, 4.69) is 10.4 Å². The Labute approximate surface area is 162 Å². The van der Waals surface area contributed by atoms with Gasteiger partial charge in [0.05, 0.1) is 12.5 Å². The molecule has 2 aromatic carbocycles. The van der Waals surface area contributed by atoms with Crippen LogP contribution in [0.4, 0.5) is 28.9 Å². The van der Waals surface area contributed by atoms with Crippen molar-refractivity contribution < 1.29 is 27.2 Å². The van der Waals surface area contributed by atoms with Crippen LogP contribution in [0.15, 0.2) is 35.4 Å². The molecule has 1 heterocycles. The first-order valence-corrected chi connectivity index (χ1v) is 8.32. The summed E-state index contributed by atoms with van der Waals surface area (Å²) in [6.07, 6.45) is -0.279. The van der Waals surface area contributed by atoms with Crippen LogP contribution in [0.3, 0.4) is 0 Å². The molecule has 1 aliphatic heterocycles. The van der Waals surface area contributed by atoms with E-state index >= 15 is 0 Å². The summed E-state index contributed by atoms with van der Waals surface area (Å²) >= 11 is 0. The molecular formula is C19H12F4N4O2. The van der Waals surface area contributed by atoms with Crippen LogP contribution in [0.25, 0.3) is 0 Å². The van der Waals surface area contributed by atoms with Crippen LogP contribution in [0.2, 0.25) is 0 Å². The Morgan fingerprint density at radius 1 is 1.10 bits per heavy atom. The Bertz CT molecular complexity index is 1040. The van der Waals surface area contributed by atoms with Crippen molar-refractivity contribution in [2.75, 3.05) is 10.3 Å². The molecule has 6 nitrogen and oxygen atoms in total. The number of anilines is 2. The number of hydrogen-bond acceptors (Lipinski definition) is 4. The molecule has 0 spiro atoms. The third-order valence-corrected chi connectivity index (χ3v) is 4.09. The van der Waals surface area contributed by atoms with Crippen molar-refractivity contribution in [2.45, 2.75) is 19.3 Å². The minimum Gasteiger partial charge on any atom is -0.321 e. The molecule has 29 heavy (non-hydrogen) atoms. The number of hydrogen-bond donors (Lipinski definition) is 1. The number of carbonyl (C=O) groups excluding carboxylic acids is 2. The van der Waals surface area contributed by atoms with Gasteiger partial charge in [-0.3, -0.25) is 9.59 Å². The lowest BCUT2D eigenvalue weighted by Gasteiger charge is -2.24. The fourth-order valence-corrected chi connectivity index (χ4v) is 2.64. The quantitative estimate of drug-likeness (QED) is 0.626. The molecule has 10 heteroatoms. The van der Waals surface area contributed by atoms with Gasteiger partial charge in [-0.2, -0.15) is 15.4 Å². The molecule has 0 aromatic heterocycles. The van der Waals surface area contributed by atoms with Crippen molar-refractivity contribution in [2.24, 2.45) is 5.10 Å². The van der Waals surface area contributed by atoms with Crippen LogP contribution in [0.1, 0.15) is 18.4 Å². The summed E-state index contributed by atoms with van der Waals surface area (Å²) in [6, 6.07) is 8.31. The van der Waals surface area contributed by atoms with E-state index in [1.807, 2.05) is 6.07 Å². The zero-order chi connectivity index (χ0) is 21.1. The molecule has 0 bridgehead atoms. The standard InChI is InChI=1S/C19H12F4N4O2/c20-12-9-13(21)17(23)18(16(12)22)27-15(28)6-5-14(26-27)19(29)25-11-3-1-10(2-4-11)7-8-24/h1-4,9H,5-7H2,(H,25,29). The lowest BCUT2D eigenvalue weighted by atomic mass is 10.1. The third kappa shape index (κ3) is 4.08. The topological polar surface area (TPSA) is 85.6 Å². The second-order valence-corrected chi connectivity index (χ2v) is 6.05. The molecule has 2 amide bonds. The molecule has 148 valence electrons. The molecule has 3 rings (SSSR count). The molecule has 0 saturated carbocycles. The zero-order valence-electron chi connectivity index (χ0n) is 14.7. The lowest BCUT2D eigenvalue weighted by molar-refractivity contribution is -0.118. The summed E-state index contributed by atoms with van der Waals surface area (Å²) < 4.78 is 54.9. The van der Waals surface area contributed by atoms with Gasteiger partial charge in [-0.25, -0.2) is 17.6 Å². The molecule has 0 saturated heterocycles. The van der Waals surface area contributed by atoms with Crippen molar-refractivity contribution in [3.8, 4) is 6.07 Å². The molecule has 1 N–H and O–H groups in total. The van der Waals surface area contributed by atoms with Gasteiger partial charge in [-0.1, -0.05) is 12.1 Å². The van der Waals surface area contributed by atoms with Gasteiger partial charge in [-0.15, -0.1) is 0 Å². The van der Waals surface area contributed by atoms with Crippen molar-refractivity contribution in [1.82, 2.24) is 0 Å². The van der Waals surface area contributed by atoms with Crippen molar-refractivity contribution in [3.63, 3.8) is 0 Å². The minimum atomic E-state index is -1.80. The predicted molar refractivity (Wildman–Crippen MR) is 94.8 cm³/mol.